The smallest absolute Gasteiger partial charge is 0.223 e. The Morgan fingerprint density at radius 3 is 2.65 bits per heavy atom. The van der Waals surface area contributed by atoms with Crippen molar-refractivity contribution in [3.8, 4) is 22.6 Å². The second-order valence-electron chi connectivity index (χ2n) is 5.79. The minimum Gasteiger partial charge on any atom is -0.497 e. The molecule has 3 aromatic rings. The van der Waals surface area contributed by atoms with Crippen LogP contribution in [-0.4, -0.2) is 39.6 Å². The molecule has 0 aliphatic carbocycles. The fourth-order valence-corrected chi connectivity index (χ4v) is 2.72. The second kappa shape index (κ2) is 6.87. The molecule has 0 unspecified atom stereocenters. The van der Waals surface area contributed by atoms with Gasteiger partial charge in [0.15, 0.2) is 0 Å². The SMILES string of the molecule is COc1ccc(-c2cc(F)cc(-n3nnc(C4=NCCC=C4)n3)c2)cc1. The van der Waals surface area contributed by atoms with E-state index < -0.39 is 0 Å². The summed E-state index contributed by atoms with van der Waals surface area (Å²) in [5.74, 6) is 0.799. The van der Waals surface area contributed by atoms with Gasteiger partial charge in [0.05, 0.1) is 12.8 Å². The Labute approximate surface area is 149 Å². The lowest BCUT2D eigenvalue weighted by Crippen LogP contribution is -2.06. The van der Waals surface area contributed by atoms with Crippen molar-refractivity contribution in [2.24, 2.45) is 4.99 Å². The van der Waals surface area contributed by atoms with E-state index >= 15 is 0 Å². The number of methoxy groups -OCH3 is 1. The molecule has 2 aromatic carbocycles. The number of halogens is 1. The molecule has 1 aromatic heterocycles. The van der Waals surface area contributed by atoms with Gasteiger partial charge in [0.25, 0.3) is 0 Å². The maximum atomic E-state index is 14.2. The Morgan fingerprint density at radius 1 is 1.08 bits per heavy atom. The van der Waals surface area contributed by atoms with E-state index in [0.29, 0.717) is 23.8 Å². The highest BCUT2D eigenvalue weighted by atomic mass is 19.1. The molecule has 0 bridgehead atoms. The van der Waals surface area contributed by atoms with Gasteiger partial charge in [-0.1, -0.05) is 18.2 Å². The summed E-state index contributed by atoms with van der Waals surface area (Å²) < 4.78 is 19.3. The maximum Gasteiger partial charge on any atom is 0.223 e. The van der Waals surface area contributed by atoms with Gasteiger partial charge in [0.1, 0.15) is 17.3 Å². The Morgan fingerprint density at radius 2 is 1.92 bits per heavy atom. The number of aliphatic imine (C=N–C) groups is 1. The van der Waals surface area contributed by atoms with E-state index in [-0.39, 0.29) is 5.82 Å². The zero-order valence-corrected chi connectivity index (χ0v) is 14.1. The van der Waals surface area contributed by atoms with E-state index in [1.807, 2.05) is 42.5 Å². The summed E-state index contributed by atoms with van der Waals surface area (Å²) in [5, 5.41) is 12.4. The molecule has 2 heterocycles. The molecule has 0 atom stereocenters. The van der Waals surface area contributed by atoms with Crippen LogP contribution in [0.3, 0.4) is 0 Å². The number of dihydropyridines is 1. The summed E-state index contributed by atoms with van der Waals surface area (Å²) in [6, 6.07) is 12.1. The third-order valence-corrected chi connectivity index (χ3v) is 4.03. The van der Waals surface area contributed by atoms with Crippen LogP contribution in [0.15, 0.2) is 59.6 Å². The molecule has 0 N–H and O–H groups in total. The zero-order valence-electron chi connectivity index (χ0n) is 14.1. The minimum absolute atomic E-state index is 0.373. The van der Waals surface area contributed by atoms with Crippen LogP contribution in [0.2, 0.25) is 0 Å². The third kappa shape index (κ3) is 3.23. The first-order valence-corrected chi connectivity index (χ1v) is 8.20. The first-order chi connectivity index (χ1) is 12.7. The summed E-state index contributed by atoms with van der Waals surface area (Å²) in [6.07, 6.45) is 4.80. The summed E-state index contributed by atoms with van der Waals surface area (Å²) in [6.45, 7) is 0.710. The van der Waals surface area contributed by atoms with Crippen molar-refractivity contribution >= 4 is 5.71 Å². The summed E-state index contributed by atoms with van der Waals surface area (Å²) in [5.41, 5.74) is 2.77. The predicted molar refractivity (Wildman–Crippen MR) is 96.3 cm³/mol. The number of benzene rings is 2. The number of rotatable bonds is 4. The number of nitrogens with zero attached hydrogens (tertiary/aromatic N) is 5. The van der Waals surface area contributed by atoms with Crippen molar-refractivity contribution < 1.29 is 9.13 Å². The van der Waals surface area contributed by atoms with Gasteiger partial charge >= 0.3 is 0 Å². The minimum atomic E-state index is -0.373. The van der Waals surface area contributed by atoms with E-state index in [1.54, 1.807) is 7.11 Å². The Kier molecular flexibility index (Phi) is 4.27. The number of hydrogen-bond donors (Lipinski definition) is 0. The van der Waals surface area contributed by atoms with Crippen LogP contribution in [-0.2, 0) is 0 Å². The lowest BCUT2D eigenvalue weighted by atomic mass is 10.0. The van der Waals surface area contributed by atoms with Gasteiger partial charge in [-0.3, -0.25) is 4.99 Å². The number of tetrazole rings is 1. The van der Waals surface area contributed by atoms with Crippen LogP contribution in [0, 0.1) is 5.82 Å². The molecule has 0 radical (unpaired) electrons. The first-order valence-electron chi connectivity index (χ1n) is 8.20. The maximum absolute atomic E-state index is 14.2. The van der Waals surface area contributed by atoms with E-state index in [0.717, 1.165) is 23.3 Å². The van der Waals surface area contributed by atoms with Gasteiger partial charge in [0.2, 0.25) is 5.82 Å². The molecule has 0 saturated carbocycles. The number of hydrogen-bond acceptors (Lipinski definition) is 5. The fourth-order valence-electron chi connectivity index (χ4n) is 2.72. The molecule has 1 aliphatic heterocycles. The second-order valence-corrected chi connectivity index (χ2v) is 5.79. The highest BCUT2D eigenvalue weighted by Gasteiger charge is 2.12. The van der Waals surface area contributed by atoms with Gasteiger partial charge < -0.3 is 4.74 Å². The average molecular weight is 349 g/mol. The molecule has 0 saturated heterocycles. The van der Waals surface area contributed by atoms with Gasteiger partial charge in [-0.25, -0.2) is 4.39 Å². The standard InChI is InChI=1S/C19H16FN5O/c1-26-17-7-5-13(6-8-17)14-10-15(20)12-16(11-14)25-23-19(22-24-25)18-4-2-3-9-21-18/h2,4-8,10-12H,3,9H2,1H3. The van der Waals surface area contributed by atoms with Crippen LogP contribution in [0.25, 0.3) is 16.8 Å². The molecule has 0 amide bonds. The lowest BCUT2D eigenvalue weighted by molar-refractivity contribution is 0.415. The summed E-state index contributed by atoms with van der Waals surface area (Å²) >= 11 is 0. The van der Waals surface area contributed by atoms with Crippen molar-refractivity contribution in [3.63, 3.8) is 0 Å². The molecule has 7 heteroatoms. The Balaban J connectivity index is 1.69. The number of ether oxygens (including phenoxy) is 1. The van der Waals surface area contributed by atoms with Crippen molar-refractivity contribution in [1.29, 1.82) is 0 Å². The average Bonchev–Trinajstić information content (AvgIpc) is 3.19. The zero-order chi connectivity index (χ0) is 17.9. The van der Waals surface area contributed by atoms with Crippen LogP contribution in [0.1, 0.15) is 12.2 Å². The Hall–Kier alpha value is -3.35. The molecular formula is C19H16FN5O. The molecule has 130 valence electrons. The van der Waals surface area contributed by atoms with Crippen molar-refractivity contribution in [3.05, 3.63) is 66.3 Å². The highest BCUT2D eigenvalue weighted by molar-refractivity contribution is 6.06. The largest absolute Gasteiger partial charge is 0.497 e. The molecule has 6 nitrogen and oxygen atoms in total. The first kappa shape index (κ1) is 16.1. The fraction of sp³-hybridized carbons (Fsp3) is 0.158. The molecular weight excluding hydrogens is 333 g/mol. The molecule has 4 rings (SSSR count). The van der Waals surface area contributed by atoms with E-state index in [4.69, 9.17) is 4.74 Å². The van der Waals surface area contributed by atoms with Gasteiger partial charge in [0, 0.05) is 12.6 Å². The summed E-state index contributed by atoms with van der Waals surface area (Å²) in [4.78, 5) is 5.69. The van der Waals surface area contributed by atoms with Crippen LogP contribution < -0.4 is 4.74 Å². The normalized spacial score (nSPS) is 13.5. The van der Waals surface area contributed by atoms with E-state index in [2.05, 4.69) is 20.4 Å². The van der Waals surface area contributed by atoms with Crippen LogP contribution >= 0.6 is 0 Å². The lowest BCUT2D eigenvalue weighted by Gasteiger charge is -2.07. The molecule has 0 fully saturated rings. The van der Waals surface area contributed by atoms with Gasteiger partial charge in [-0.15, -0.1) is 15.0 Å². The van der Waals surface area contributed by atoms with E-state index in [9.17, 15) is 4.39 Å². The Bertz CT molecular complexity index is 991. The molecule has 1 aliphatic rings. The topological polar surface area (TPSA) is 65.2 Å². The van der Waals surface area contributed by atoms with Gasteiger partial charge in [-0.05, 0) is 53.1 Å². The summed E-state index contributed by atoms with van der Waals surface area (Å²) in [7, 11) is 1.61. The molecule has 26 heavy (non-hydrogen) atoms. The number of allylic oxidation sites excluding steroid dienone is 1. The predicted octanol–water partition coefficient (Wildman–Crippen LogP) is 3.23. The van der Waals surface area contributed by atoms with Crippen molar-refractivity contribution in [2.75, 3.05) is 13.7 Å². The quantitative estimate of drug-likeness (QED) is 0.725. The monoisotopic (exact) mass is 349 g/mol. The highest BCUT2D eigenvalue weighted by Crippen LogP contribution is 2.25. The van der Waals surface area contributed by atoms with Crippen LogP contribution in [0.4, 0.5) is 4.39 Å². The van der Waals surface area contributed by atoms with Crippen molar-refractivity contribution in [2.45, 2.75) is 6.42 Å². The third-order valence-electron chi connectivity index (χ3n) is 4.03. The van der Waals surface area contributed by atoms with Gasteiger partial charge in [-0.2, -0.15) is 0 Å². The number of aromatic nitrogens is 4. The van der Waals surface area contributed by atoms with Crippen molar-refractivity contribution in [1.82, 2.24) is 20.2 Å². The molecule has 0 spiro atoms. The van der Waals surface area contributed by atoms with E-state index in [1.165, 1.54) is 16.9 Å². The van der Waals surface area contributed by atoms with Crippen LogP contribution in [0.5, 0.6) is 5.75 Å².